The van der Waals surface area contributed by atoms with E-state index in [1.54, 1.807) is 0 Å². The summed E-state index contributed by atoms with van der Waals surface area (Å²) in [6.07, 6.45) is 1.65. The van der Waals surface area contributed by atoms with Gasteiger partial charge in [0.25, 0.3) is 0 Å². The lowest BCUT2D eigenvalue weighted by Gasteiger charge is -2.50. The molecule has 0 aromatic carbocycles. The summed E-state index contributed by atoms with van der Waals surface area (Å²) in [6, 6.07) is 2.16. The van der Waals surface area contributed by atoms with E-state index in [1.807, 2.05) is 41.5 Å². The molecule has 0 spiro atoms. The monoisotopic (exact) mass is 237 g/mol. The van der Waals surface area contributed by atoms with Gasteiger partial charge >= 0.3 is 5.97 Å². The normalized spacial score (nSPS) is 22.4. The first-order valence-corrected chi connectivity index (χ1v) is 6.11. The molecule has 1 aliphatic rings. The maximum atomic E-state index is 11.8. The average molecular weight is 237 g/mol. The van der Waals surface area contributed by atoms with Crippen LogP contribution in [0.3, 0.4) is 0 Å². The van der Waals surface area contributed by atoms with Crippen LogP contribution in [0.15, 0.2) is 0 Å². The summed E-state index contributed by atoms with van der Waals surface area (Å²) in [5.41, 5.74) is -2.53. The summed E-state index contributed by atoms with van der Waals surface area (Å²) in [7, 11) is 0. The van der Waals surface area contributed by atoms with Crippen LogP contribution in [-0.2, 0) is 4.79 Å². The van der Waals surface area contributed by atoms with E-state index in [0.717, 1.165) is 12.8 Å². The number of carboxylic acids is 1. The minimum Gasteiger partial charge on any atom is -0.480 e. The Bertz CT molecular complexity index is 380. The summed E-state index contributed by atoms with van der Waals surface area (Å²) in [5, 5.41) is 19.3. The molecule has 1 N–H and O–H groups in total. The van der Waals surface area contributed by atoms with Crippen molar-refractivity contribution < 1.29 is 9.90 Å². The van der Waals surface area contributed by atoms with Crippen LogP contribution in [0.5, 0.6) is 0 Å². The largest absolute Gasteiger partial charge is 0.480 e. The molecule has 3 heteroatoms. The van der Waals surface area contributed by atoms with Crippen LogP contribution in [-0.4, -0.2) is 11.1 Å². The van der Waals surface area contributed by atoms with Crippen molar-refractivity contribution in [3.8, 4) is 6.07 Å². The first kappa shape index (κ1) is 14.0. The highest BCUT2D eigenvalue weighted by Crippen LogP contribution is 2.68. The van der Waals surface area contributed by atoms with Crippen molar-refractivity contribution in [1.82, 2.24) is 0 Å². The second-order valence-electron chi connectivity index (χ2n) is 7.10. The molecule has 0 aromatic rings. The molecule has 17 heavy (non-hydrogen) atoms. The molecule has 3 nitrogen and oxygen atoms in total. The Morgan fingerprint density at radius 2 is 1.65 bits per heavy atom. The predicted octanol–water partition coefficient (Wildman–Crippen LogP) is 3.45. The van der Waals surface area contributed by atoms with Gasteiger partial charge in [-0.1, -0.05) is 41.5 Å². The molecule has 0 radical (unpaired) electrons. The van der Waals surface area contributed by atoms with E-state index in [-0.39, 0.29) is 10.8 Å². The van der Waals surface area contributed by atoms with Gasteiger partial charge in [0.15, 0.2) is 5.41 Å². The predicted molar refractivity (Wildman–Crippen MR) is 66.3 cm³/mol. The molecule has 0 amide bonds. The van der Waals surface area contributed by atoms with E-state index in [0.29, 0.717) is 0 Å². The second-order valence-corrected chi connectivity index (χ2v) is 7.10. The van der Waals surface area contributed by atoms with Crippen molar-refractivity contribution in [3.05, 3.63) is 0 Å². The first-order chi connectivity index (χ1) is 7.46. The van der Waals surface area contributed by atoms with Gasteiger partial charge in [-0.05, 0) is 29.1 Å². The Labute approximate surface area is 104 Å². The number of hydrogen-bond donors (Lipinski definition) is 1. The van der Waals surface area contributed by atoms with Gasteiger partial charge in [0, 0.05) is 0 Å². The van der Waals surface area contributed by atoms with E-state index in [1.165, 1.54) is 0 Å². The number of nitrogens with zero attached hydrogens (tertiary/aromatic N) is 1. The SMILES string of the molecule is CC(C)(C)C(C)(C)C(C#N)(C(=O)O)C1(C)CC1. The molecular formula is C14H23NO2. The zero-order valence-corrected chi connectivity index (χ0v) is 11.7. The quantitative estimate of drug-likeness (QED) is 0.817. The van der Waals surface area contributed by atoms with E-state index in [4.69, 9.17) is 0 Å². The zero-order chi connectivity index (χ0) is 13.7. The highest BCUT2D eigenvalue weighted by molar-refractivity contribution is 5.81. The molecule has 1 rings (SSSR count). The van der Waals surface area contributed by atoms with E-state index < -0.39 is 16.8 Å². The van der Waals surface area contributed by atoms with Gasteiger partial charge in [-0.15, -0.1) is 0 Å². The van der Waals surface area contributed by atoms with Crippen molar-refractivity contribution in [3.63, 3.8) is 0 Å². The topological polar surface area (TPSA) is 61.1 Å². The molecule has 1 unspecified atom stereocenters. The fourth-order valence-corrected chi connectivity index (χ4v) is 2.73. The van der Waals surface area contributed by atoms with Crippen LogP contribution in [0.2, 0.25) is 0 Å². The minimum atomic E-state index is -1.31. The van der Waals surface area contributed by atoms with Crippen LogP contribution in [0.1, 0.15) is 54.4 Å². The van der Waals surface area contributed by atoms with Crippen LogP contribution < -0.4 is 0 Å². The Hall–Kier alpha value is -1.04. The fourth-order valence-electron chi connectivity index (χ4n) is 2.73. The molecule has 1 atom stereocenters. The number of carbonyl (C=O) groups is 1. The van der Waals surface area contributed by atoms with Gasteiger partial charge in [0.1, 0.15) is 0 Å². The number of aliphatic carboxylic acids is 1. The van der Waals surface area contributed by atoms with Gasteiger partial charge in [-0.2, -0.15) is 5.26 Å². The van der Waals surface area contributed by atoms with Crippen molar-refractivity contribution in [2.24, 2.45) is 21.7 Å². The van der Waals surface area contributed by atoms with Crippen LogP contribution in [0.25, 0.3) is 0 Å². The van der Waals surface area contributed by atoms with Crippen molar-refractivity contribution in [2.75, 3.05) is 0 Å². The molecular weight excluding hydrogens is 214 g/mol. The van der Waals surface area contributed by atoms with Gasteiger partial charge in [0.2, 0.25) is 0 Å². The standard InChI is InChI=1S/C14H23NO2/c1-11(2,3)12(4,5)14(9-15,10(16)17)13(6)7-8-13/h7-8H2,1-6H3,(H,16,17). The Morgan fingerprint density at radius 3 is 1.82 bits per heavy atom. The molecule has 96 valence electrons. The van der Waals surface area contributed by atoms with Crippen molar-refractivity contribution in [1.29, 1.82) is 5.26 Å². The minimum absolute atomic E-state index is 0.243. The van der Waals surface area contributed by atoms with Gasteiger partial charge in [0.05, 0.1) is 6.07 Å². The lowest BCUT2D eigenvalue weighted by atomic mass is 9.49. The molecule has 0 heterocycles. The number of nitriles is 1. The lowest BCUT2D eigenvalue weighted by Crippen LogP contribution is -2.55. The molecule has 0 aliphatic heterocycles. The fraction of sp³-hybridized carbons (Fsp3) is 0.857. The Balaban J connectivity index is 3.46. The molecule has 0 bridgehead atoms. The second kappa shape index (κ2) is 3.48. The average Bonchev–Trinajstić information content (AvgIpc) is 2.83. The maximum Gasteiger partial charge on any atom is 0.325 e. The van der Waals surface area contributed by atoms with E-state index >= 15 is 0 Å². The smallest absolute Gasteiger partial charge is 0.325 e. The van der Waals surface area contributed by atoms with Gasteiger partial charge < -0.3 is 5.11 Å². The van der Waals surface area contributed by atoms with E-state index in [9.17, 15) is 15.2 Å². The number of rotatable bonds is 3. The number of hydrogen-bond acceptors (Lipinski definition) is 2. The summed E-state index contributed by atoms with van der Waals surface area (Å²) in [4.78, 5) is 11.8. The van der Waals surface area contributed by atoms with Crippen LogP contribution >= 0.6 is 0 Å². The highest BCUT2D eigenvalue weighted by atomic mass is 16.4. The summed E-state index contributed by atoms with van der Waals surface area (Å²) in [6.45, 7) is 11.8. The van der Waals surface area contributed by atoms with Crippen LogP contribution in [0.4, 0.5) is 0 Å². The molecule has 1 saturated carbocycles. The van der Waals surface area contributed by atoms with Crippen molar-refractivity contribution in [2.45, 2.75) is 54.4 Å². The summed E-state index contributed by atoms with van der Waals surface area (Å²) in [5.74, 6) is -0.972. The third-order valence-corrected chi connectivity index (χ3v) is 5.21. The summed E-state index contributed by atoms with van der Waals surface area (Å²) >= 11 is 0. The van der Waals surface area contributed by atoms with Gasteiger partial charge in [-0.25, -0.2) is 0 Å². The van der Waals surface area contributed by atoms with Gasteiger partial charge in [-0.3, -0.25) is 4.79 Å². The Kier molecular flexibility index (Phi) is 2.87. The first-order valence-electron chi connectivity index (χ1n) is 6.11. The van der Waals surface area contributed by atoms with E-state index in [2.05, 4.69) is 6.07 Å². The zero-order valence-electron chi connectivity index (χ0n) is 11.7. The molecule has 0 aromatic heterocycles. The highest BCUT2D eigenvalue weighted by Gasteiger charge is 2.70. The van der Waals surface area contributed by atoms with Crippen LogP contribution in [0, 0.1) is 33.0 Å². The third-order valence-electron chi connectivity index (χ3n) is 5.21. The molecule has 1 fully saturated rings. The number of carboxylic acid groups (broad SMARTS) is 1. The Morgan fingerprint density at radius 1 is 1.24 bits per heavy atom. The summed E-state index contributed by atoms with van der Waals surface area (Å²) < 4.78 is 0. The van der Waals surface area contributed by atoms with Crippen molar-refractivity contribution >= 4 is 5.97 Å². The maximum absolute atomic E-state index is 11.8. The molecule has 1 aliphatic carbocycles. The third kappa shape index (κ3) is 1.57. The molecule has 0 saturated heterocycles. The lowest BCUT2D eigenvalue weighted by molar-refractivity contribution is -0.164.